The van der Waals surface area contributed by atoms with Gasteiger partial charge in [0.05, 0.1) is 11.6 Å². The first-order valence-electron chi connectivity index (χ1n) is 6.13. The zero-order chi connectivity index (χ0) is 12.3. The van der Waals surface area contributed by atoms with Crippen molar-refractivity contribution in [2.24, 2.45) is 5.73 Å². The number of ether oxygens (including phenoxy) is 1. The molecule has 0 saturated heterocycles. The second-order valence-corrected chi connectivity index (χ2v) is 4.97. The third kappa shape index (κ3) is 3.27. The molecule has 3 nitrogen and oxygen atoms in total. The highest BCUT2D eigenvalue weighted by Crippen LogP contribution is 2.30. The monoisotopic (exact) mass is 254 g/mol. The Morgan fingerprint density at radius 3 is 2.82 bits per heavy atom. The maximum Gasteiger partial charge on any atom is 0.138 e. The Morgan fingerprint density at radius 1 is 1.47 bits per heavy atom. The lowest BCUT2D eigenvalue weighted by Crippen LogP contribution is -2.44. The van der Waals surface area contributed by atoms with E-state index in [0.717, 1.165) is 30.7 Å². The summed E-state index contributed by atoms with van der Waals surface area (Å²) in [5.41, 5.74) is 6.78. The number of rotatable bonds is 5. The highest BCUT2D eigenvalue weighted by Gasteiger charge is 2.25. The van der Waals surface area contributed by atoms with E-state index in [1.807, 2.05) is 18.2 Å². The van der Waals surface area contributed by atoms with E-state index in [2.05, 4.69) is 12.2 Å². The minimum atomic E-state index is 0.357. The minimum Gasteiger partial charge on any atom is -0.492 e. The van der Waals surface area contributed by atoms with Gasteiger partial charge in [0.2, 0.25) is 0 Å². The van der Waals surface area contributed by atoms with Gasteiger partial charge in [-0.05, 0) is 37.5 Å². The lowest BCUT2D eigenvalue weighted by molar-refractivity contribution is 0.317. The third-order valence-corrected chi connectivity index (χ3v) is 3.23. The topological polar surface area (TPSA) is 47.3 Å². The fourth-order valence-electron chi connectivity index (χ4n) is 1.94. The number of hydrogen-bond donors (Lipinski definition) is 2. The van der Waals surface area contributed by atoms with Crippen LogP contribution in [0.3, 0.4) is 0 Å². The number of nitrogens with two attached hydrogens (primary N) is 1. The zero-order valence-electron chi connectivity index (χ0n) is 10.1. The molecule has 1 aromatic carbocycles. The second-order valence-electron chi connectivity index (χ2n) is 4.57. The Morgan fingerprint density at radius 2 is 2.24 bits per heavy atom. The van der Waals surface area contributed by atoms with Gasteiger partial charge in [-0.1, -0.05) is 18.5 Å². The Balaban J connectivity index is 1.93. The molecular weight excluding hydrogens is 236 g/mol. The normalized spacial score (nSPS) is 23.0. The van der Waals surface area contributed by atoms with Crippen LogP contribution in [-0.4, -0.2) is 18.7 Å². The number of benzene rings is 1. The van der Waals surface area contributed by atoms with Crippen LogP contribution in [0.15, 0.2) is 18.2 Å². The first kappa shape index (κ1) is 12.5. The summed E-state index contributed by atoms with van der Waals surface area (Å²) >= 11 is 6.15. The number of hydrogen-bond acceptors (Lipinski definition) is 3. The predicted octanol–water partition coefficient (Wildman–Crippen LogP) is 3.03. The van der Waals surface area contributed by atoms with Crippen LogP contribution in [0.2, 0.25) is 5.02 Å². The van der Waals surface area contributed by atoms with E-state index in [1.54, 1.807) is 0 Å². The molecule has 0 unspecified atom stereocenters. The molecule has 0 spiro atoms. The molecule has 1 saturated carbocycles. The molecule has 0 heterocycles. The third-order valence-electron chi connectivity index (χ3n) is 2.94. The first-order chi connectivity index (χ1) is 8.19. The summed E-state index contributed by atoms with van der Waals surface area (Å²) in [6, 6.07) is 6.68. The van der Waals surface area contributed by atoms with E-state index >= 15 is 0 Å². The number of nitrogens with one attached hydrogen (secondary N) is 1. The van der Waals surface area contributed by atoms with E-state index in [4.69, 9.17) is 22.1 Å². The molecule has 1 aromatic rings. The van der Waals surface area contributed by atoms with Gasteiger partial charge in [0.1, 0.15) is 5.75 Å². The Labute approximate surface area is 107 Å². The maximum atomic E-state index is 6.15. The molecule has 0 amide bonds. The Bertz CT molecular complexity index is 378. The summed E-state index contributed by atoms with van der Waals surface area (Å²) in [5, 5.41) is 4.07. The van der Waals surface area contributed by atoms with Crippen molar-refractivity contribution >= 4 is 17.3 Å². The van der Waals surface area contributed by atoms with Crippen molar-refractivity contribution in [2.45, 2.75) is 38.3 Å². The predicted molar refractivity (Wildman–Crippen MR) is 71.9 cm³/mol. The SMILES string of the molecule is CCCOc1ccc(NC2CC(N)C2)cc1Cl. The molecule has 1 aliphatic carbocycles. The van der Waals surface area contributed by atoms with Crippen LogP contribution in [0.5, 0.6) is 5.75 Å². The van der Waals surface area contributed by atoms with Crippen molar-refractivity contribution in [3.8, 4) is 5.75 Å². The summed E-state index contributed by atoms with van der Waals surface area (Å²) in [6.45, 7) is 2.77. The van der Waals surface area contributed by atoms with Gasteiger partial charge in [-0.2, -0.15) is 0 Å². The second kappa shape index (κ2) is 5.61. The molecule has 17 heavy (non-hydrogen) atoms. The number of anilines is 1. The molecule has 2 rings (SSSR count). The fraction of sp³-hybridized carbons (Fsp3) is 0.538. The van der Waals surface area contributed by atoms with Crippen LogP contribution < -0.4 is 15.8 Å². The quantitative estimate of drug-likeness (QED) is 0.849. The largest absolute Gasteiger partial charge is 0.492 e. The van der Waals surface area contributed by atoms with E-state index < -0.39 is 0 Å². The Kier molecular flexibility index (Phi) is 4.13. The summed E-state index contributed by atoms with van der Waals surface area (Å²) in [7, 11) is 0. The van der Waals surface area contributed by atoms with Gasteiger partial charge in [-0.25, -0.2) is 0 Å². The molecule has 0 bridgehead atoms. The molecule has 3 N–H and O–H groups in total. The van der Waals surface area contributed by atoms with Gasteiger partial charge < -0.3 is 15.8 Å². The lowest BCUT2D eigenvalue weighted by atomic mass is 9.87. The summed E-state index contributed by atoms with van der Waals surface area (Å²) in [4.78, 5) is 0. The van der Waals surface area contributed by atoms with Crippen LogP contribution in [0.4, 0.5) is 5.69 Å². The molecular formula is C13H19ClN2O. The standard InChI is InChI=1S/C13H19ClN2O/c1-2-5-17-13-4-3-10(8-12(13)14)16-11-6-9(15)7-11/h3-4,8-9,11,16H,2,5-7,15H2,1H3. The molecule has 0 radical (unpaired) electrons. The van der Waals surface area contributed by atoms with Crippen LogP contribution in [0.25, 0.3) is 0 Å². The maximum absolute atomic E-state index is 6.15. The van der Waals surface area contributed by atoms with Gasteiger partial charge in [0.25, 0.3) is 0 Å². The summed E-state index contributed by atoms with van der Waals surface area (Å²) in [5.74, 6) is 0.754. The van der Waals surface area contributed by atoms with Crippen LogP contribution in [-0.2, 0) is 0 Å². The van der Waals surface area contributed by atoms with Crippen molar-refractivity contribution in [3.63, 3.8) is 0 Å². The fourth-order valence-corrected chi connectivity index (χ4v) is 2.17. The minimum absolute atomic E-state index is 0.357. The highest BCUT2D eigenvalue weighted by atomic mass is 35.5. The molecule has 0 aromatic heterocycles. The first-order valence-corrected chi connectivity index (χ1v) is 6.51. The molecule has 1 fully saturated rings. The van der Waals surface area contributed by atoms with Crippen molar-refractivity contribution in [2.75, 3.05) is 11.9 Å². The van der Waals surface area contributed by atoms with Gasteiger partial charge in [-0.15, -0.1) is 0 Å². The summed E-state index contributed by atoms with van der Waals surface area (Å²) in [6.07, 6.45) is 3.05. The van der Waals surface area contributed by atoms with E-state index in [-0.39, 0.29) is 0 Å². The highest BCUT2D eigenvalue weighted by molar-refractivity contribution is 6.32. The van der Waals surface area contributed by atoms with E-state index in [0.29, 0.717) is 23.7 Å². The smallest absolute Gasteiger partial charge is 0.138 e. The lowest BCUT2D eigenvalue weighted by Gasteiger charge is -2.33. The van der Waals surface area contributed by atoms with Gasteiger partial charge in [-0.3, -0.25) is 0 Å². The van der Waals surface area contributed by atoms with Crippen molar-refractivity contribution in [3.05, 3.63) is 23.2 Å². The number of halogens is 1. The van der Waals surface area contributed by atoms with Crippen molar-refractivity contribution < 1.29 is 4.74 Å². The van der Waals surface area contributed by atoms with Crippen molar-refractivity contribution in [1.29, 1.82) is 0 Å². The average molecular weight is 255 g/mol. The van der Waals surface area contributed by atoms with E-state index in [1.165, 1.54) is 0 Å². The molecule has 0 aliphatic heterocycles. The average Bonchev–Trinajstić information content (AvgIpc) is 2.26. The van der Waals surface area contributed by atoms with E-state index in [9.17, 15) is 0 Å². The van der Waals surface area contributed by atoms with Crippen LogP contribution in [0.1, 0.15) is 26.2 Å². The van der Waals surface area contributed by atoms with Crippen molar-refractivity contribution in [1.82, 2.24) is 0 Å². The van der Waals surface area contributed by atoms with Gasteiger partial charge in [0.15, 0.2) is 0 Å². The van der Waals surface area contributed by atoms with Gasteiger partial charge >= 0.3 is 0 Å². The summed E-state index contributed by atoms with van der Waals surface area (Å²) < 4.78 is 5.52. The zero-order valence-corrected chi connectivity index (χ0v) is 10.8. The molecule has 0 atom stereocenters. The molecule has 1 aliphatic rings. The molecule has 4 heteroatoms. The van der Waals surface area contributed by atoms with Crippen LogP contribution >= 0.6 is 11.6 Å². The Hall–Kier alpha value is -0.930. The van der Waals surface area contributed by atoms with Gasteiger partial charge in [0, 0.05) is 17.8 Å². The van der Waals surface area contributed by atoms with Crippen LogP contribution in [0, 0.1) is 0 Å². The molecule has 94 valence electrons.